The highest BCUT2D eigenvalue weighted by Crippen LogP contribution is 2.52. The zero-order valence-electron chi connectivity index (χ0n) is 7.22. The second-order valence-electron chi connectivity index (χ2n) is 3.85. The Hall–Kier alpha value is 0.1000. The van der Waals surface area contributed by atoms with Crippen LogP contribution in [-0.2, 0) is 12.8 Å². The van der Waals surface area contributed by atoms with Crippen LogP contribution in [0.5, 0.6) is 0 Å². The molecule has 74 valence electrons. The van der Waals surface area contributed by atoms with E-state index < -0.39 is 0 Å². The van der Waals surface area contributed by atoms with Crippen molar-refractivity contribution in [2.24, 2.45) is 0 Å². The lowest BCUT2D eigenvalue weighted by molar-refractivity contribution is 0.138. The summed E-state index contributed by atoms with van der Waals surface area (Å²) in [4.78, 5) is 0. The van der Waals surface area contributed by atoms with Gasteiger partial charge in [-0.1, -0.05) is 31.9 Å². The maximum absolute atomic E-state index is 9.60. The monoisotopic (exact) mass is 318 g/mol. The molecule has 14 heavy (non-hydrogen) atoms. The molecule has 2 atom stereocenters. The van der Waals surface area contributed by atoms with Crippen LogP contribution in [0.1, 0.15) is 34.5 Å². The number of fused-ring (bicyclic) bond motifs is 2. The fourth-order valence-electron chi connectivity index (χ4n) is 2.25. The minimum atomic E-state index is -0.367. The highest BCUT2D eigenvalue weighted by Gasteiger charge is 2.39. The summed E-state index contributed by atoms with van der Waals surface area (Å²) < 4.78 is 1.99. The van der Waals surface area contributed by atoms with Gasteiger partial charge in [0.25, 0.3) is 0 Å². The van der Waals surface area contributed by atoms with Gasteiger partial charge in [0.15, 0.2) is 0 Å². The SMILES string of the molecule is OC1Cc2c(Br)c3c(c(Br)c21)C(O)C3. The third-order valence-electron chi connectivity index (χ3n) is 3.11. The van der Waals surface area contributed by atoms with E-state index in [1.807, 2.05) is 0 Å². The summed E-state index contributed by atoms with van der Waals surface area (Å²) in [5.41, 5.74) is 4.29. The van der Waals surface area contributed by atoms with Crippen molar-refractivity contribution in [3.63, 3.8) is 0 Å². The Balaban J connectivity index is 2.31. The van der Waals surface area contributed by atoms with Crippen molar-refractivity contribution in [3.05, 3.63) is 31.2 Å². The van der Waals surface area contributed by atoms with Crippen molar-refractivity contribution in [1.29, 1.82) is 0 Å². The van der Waals surface area contributed by atoms with E-state index in [9.17, 15) is 10.2 Å². The molecule has 2 aliphatic rings. The third kappa shape index (κ3) is 0.927. The molecular weight excluding hydrogens is 312 g/mol. The van der Waals surface area contributed by atoms with Crippen LogP contribution in [0.2, 0.25) is 0 Å². The molecule has 0 bridgehead atoms. The zero-order chi connectivity index (χ0) is 10.0. The Bertz CT molecular complexity index is 405. The van der Waals surface area contributed by atoms with Crippen LogP contribution in [0.15, 0.2) is 8.95 Å². The first-order valence-electron chi connectivity index (χ1n) is 4.50. The van der Waals surface area contributed by atoms with E-state index in [0.29, 0.717) is 0 Å². The van der Waals surface area contributed by atoms with E-state index in [4.69, 9.17) is 0 Å². The molecular formula is C10H8Br2O2. The Morgan fingerprint density at radius 1 is 0.857 bits per heavy atom. The molecule has 2 nitrogen and oxygen atoms in total. The normalized spacial score (nSPS) is 27.4. The van der Waals surface area contributed by atoms with Gasteiger partial charge in [-0.3, -0.25) is 0 Å². The molecule has 0 aliphatic heterocycles. The molecule has 2 N–H and O–H groups in total. The van der Waals surface area contributed by atoms with Crippen LogP contribution >= 0.6 is 31.9 Å². The molecule has 0 radical (unpaired) electrons. The van der Waals surface area contributed by atoms with Crippen LogP contribution in [0.25, 0.3) is 0 Å². The predicted octanol–water partition coefficient (Wildman–Crippen LogP) is 2.39. The molecule has 0 fully saturated rings. The van der Waals surface area contributed by atoms with Crippen LogP contribution in [-0.4, -0.2) is 10.2 Å². The average molecular weight is 320 g/mol. The predicted molar refractivity (Wildman–Crippen MR) is 59.2 cm³/mol. The summed E-state index contributed by atoms with van der Waals surface area (Å²) in [5, 5.41) is 19.2. The quantitative estimate of drug-likeness (QED) is 0.771. The van der Waals surface area contributed by atoms with Gasteiger partial charge in [0, 0.05) is 21.8 Å². The Kier molecular flexibility index (Phi) is 1.88. The first-order chi connectivity index (χ1) is 6.61. The lowest BCUT2D eigenvalue weighted by atomic mass is 9.75. The number of hydrogen-bond acceptors (Lipinski definition) is 2. The van der Waals surface area contributed by atoms with Gasteiger partial charge in [0.2, 0.25) is 0 Å². The topological polar surface area (TPSA) is 40.5 Å². The molecule has 1 aromatic carbocycles. The lowest BCUT2D eigenvalue weighted by Gasteiger charge is -2.37. The average Bonchev–Trinajstić information content (AvgIpc) is 2.06. The van der Waals surface area contributed by atoms with Crippen LogP contribution < -0.4 is 0 Å². The lowest BCUT2D eigenvalue weighted by Crippen LogP contribution is -2.27. The molecule has 0 heterocycles. The fourth-order valence-corrected chi connectivity index (χ4v) is 4.01. The van der Waals surface area contributed by atoms with E-state index in [1.165, 1.54) is 11.1 Å². The van der Waals surface area contributed by atoms with Crippen molar-refractivity contribution in [3.8, 4) is 0 Å². The number of rotatable bonds is 0. The number of aliphatic hydroxyl groups excluding tert-OH is 2. The molecule has 0 saturated carbocycles. The summed E-state index contributed by atoms with van der Waals surface area (Å²) in [6, 6.07) is 0. The van der Waals surface area contributed by atoms with Gasteiger partial charge in [-0.15, -0.1) is 0 Å². The minimum absolute atomic E-state index is 0.367. The molecule has 2 unspecified atom stereocenters. The molecule has 1 aromatic rings. The summed E-state index contributed by atoms with van der Waals surface area (Å²) in [5.74, 6) is 0. The number of aliphatic hydroxyl groups is 2. The smallest absolute Gasteiger partial charge is 0.0844 e. The van der Waals surface area contributed by atoms with Crippen LogP contribution in [0.3, 0.4) is 0 Å². The zero-order valence-corrected chi connectivity index (χ0v) is 10.4. The number of hydrogen-bond donors (Lipinski definition) is 2. The van der Waals surface area contributed by atoms with Gasteiger partial charge in [-0.2, -0.15) is 0 Å². The van der Waals surface area contributed by atoms with Gasteiger partial charge in [-0.25, -0.2) is 0 Å². The second kappa shape index (κ2) is 2.82. The van der Waals surface area contributed by atoms with E-state index in [-0.39, 0.29) is 12.2 Å². The summed E-state index contributed by atoms with van der Waals surface area (Å²) in [7, 11) is 0. The van der Waals surface area contributed by atoms with Crippen molar-refractivity contribution in [1.82, 2.24) is 0 Å². The molecule has 4 heteroatoms. The minimum Gasteiger partial charge on any atom is -0.388 e. The molecule has 0 spiro atoms. The van der Waals surface area contributed by atoms with Crippen molar-refractivity contribution >= 4 is 31.9 Å². The van der Waals surface area contributed by atoms with E-state index in [1.54, 1.807) is 0 Å². The molecule has 0 amide bonds. The molecule has 0 aromatic heterocycles. The Labute approximate surface area is 98.2 Å². The number of benzene rings is 1. The van der Waals surface area contributed by atoms with Gasteiger partial charge >= 0.3 is 0 Å². The molecule has 0 saturated heterocycles. The van der Waals surface area contributed by atoms with E-state index >= 15 is 0 Å². The molecule has 3 rings (SSSR count). The van der Waals surface area contributed by atoms with Gasteiger partial charge in [0.1, 0.15) is 0 Å². The maximum Gasteiger partial charge on any atom is 0.0844 e. The Morgan fingerprint density at radius 2 is 1.29 bits per heavy atom. The van der Waals surface area contributed by atoms with Crippen molar-refractivity contribution < 1.29 is 10.2 Å². The summed E-state index contributed by atoms with van der Waals surface area (Å²) >= 11 is 6.99. The first kappa shape index (κ1) is 9.33. The standard InChI is InChI=1S/C10H8Br2O2/c11-9-3-1-5(13)7(3)10(12)8-4(9)2-6(8)14/h5-6,13-14H,1-2H2. The van der Waals surface area contributed by atoms with Crippen molar-refractivity contribution in [2.75, 3.05) is 0 Å². The largest absolute Gasteiger partial charge is 0.388 e. The molecule has 2 aliphatic carbocycles. The van der Waals surface area contributed by atoms with Gasteiger partial charge in [-0.05, 0) is 22.3 Å². The fraction of sp³-hybridized carbons (Fsp3) is 0.400. The van der Waals surface area contributed by atoms with E-state index in [0.717, 1.165) is 32.9 Å². The summed E-state index contributed by atoms with van der Waals surface area (Å²) in [6.45, 7) is 0. The second-order valence-corrected chi connectivity index (χ2v) is 5.44. The summed E-state index contributed by atoms with van der Waals surface area (Å²) in [6.07, 6.45) is 0.707. The van der Waals surface area contributed by atoms with Gasteiger partial charge < -0.3 is 10.2 Å². The first-order valence-corrected chi connectivity index (χ1v) is 6.08. The highest BCUT2D eigenvalue weighted by atomic mass is 79.9. The van der Waals surface area contributed by atoms with Crippen LogP contribution in [0.4, 0.5) is 0 Å². The maximum atomic E-state index is 9.60. The van der Waals surface area contributed by atoms with Crippen molar-refractivity contribution in [2.45, 2.75) is 25.0 Å². The van der Waals surface area contributed by atoms with Crippen LogP contribution in [0, 0.1) is 0 Å². The third-order valence-corrected chi connectivity index (χ3v) is 4.93. The van der Waals surface area contributed by atoms with E-state index in [2.05, 4.69) is 31.9 Å². The Morgan fingerprint density at radius 3 is 1.64 bits per heavy atom. The number of halogens is 2. The van der Waals surface area contributed by atoms with Gasteiger partial charge in [0.05, 0.1) is 12.2 Å². The highest BCUT2D eigenvalue weighted by molar-refractivity contribution is 9.11.